The summed E-state index contributed by atoms with van der Waals surface area (Å²) in [6, 6.07) is 12.4. The van der Waals surface area contributed by atoms with Crippen LogP contribution in [-0.4, -0.2) is 31.8 Å². The molecule has 0 saturated carbocycles. The number of hydrogen-bond acceptors (Lipinski definition) is 5. The number of aromatic nitrogens is 3. The van der Waals surface area contributed by atoms with E-state index >= 15 is 0 Å². The smallest absolute Gasteiger partial charge is 0.326 e. The fourth-order valence-electron chi connectivity index (χ4n) is 4.13. The van der Waals surface area contributed by atoms with Gasteiger partial charge in [0.15, 0.2) is 0 Å². The standard InChI is InChI=1S/C25H25ClN4O4/c1-14-22(23-16-7-5-6-8-17(16)24(33)30(28-23)12-20(27)31)18-11-15(26)9-10-19(18)29(14)13-21(32)34-25(2,3)4/h5-11H,12-13H2,1-4H3,(H2,27,31). The molecule has 34 heavy (non-hydrogen) atoms. The van der Waals surface area contributed by atoms with E-state index in [9.17, 15) is 14.4 Å². The third kappa shape index (κ3) is 4.41. The molecule has 9 heteroatoms. The minimum atomic E-state index is -0.678. The SMILES string of the molecule is Cc1c(-c2nn(CC(N)=O)c(=O)c3ccccc23)c2cc(Cl)ccc2n1CC(=O)OC(C)(C)C. The van der Waals surface area contributed by atoms with Crippen molar-refractivity contribution in [1.82, 2.24) is 14.3 Å². The van der Waals surface area contributed by atoms with Gasteiger partial charge in [-0.1, -0.05) is 29.8 Å². The van der Waals surface area contributed by atoms with E-state index in [-0.39, 0.29) is 19.1 Å². The average molecular weight is 481 g/mol. The Morgan fingerprint density at radius 2 is 1.74 bits per heavy atom. The molecule has 0 unspecified atom stereocenters. The van der Waals surface area contributed by atoms with Gasteiger partial charge in [0.1, 0.15) is 24.4 Å². The number of benzene rings is 2. The van der Waals surface area contributed by atoms with E-state index in [0.717, 1.165) is 21.3 Å². The lowest BCUT2D eigenvalue weighted by Gasteiger charge is -2.20. The number of fused-ring (bicyclic) bond motifs is 2. The van der Waals surface area contributed by atoms with Crippen LogP contribution < -0.4 is 11.3 Å². The first-order chi connectivity index (χ1) is 16.0. The highest BCUT2D eigenvalue weighted by Gasteiger charge is 2.24. The van der Waals surface area contributed by atoms with Crippen molar-refractivity contribution >= 4 is 45.2 Å². The van der Waals surface area contributed by atoms with Crippen LogP contribution in [0.4, 0.5) is 0 Å². The quantitative estimate of drug-likeness (QED) is 0.437. The van der Waals surface area contributed by atoms with E-state index < -0.39 is 17.1 Å². The molecule has 2 aromatic heterocycles. The molecular formula is C25H25ClN4O4. The van der Waals surface area contributed by atoms with E-state index in [4.69, 9.17) is 22.1 Å². The Morgan fingerprint density at radius 1 is 1.06 bits per heavy atom. The van der Waals surface area contributed by atoms with Crippen LogP contribution >= 0.6 is 11.6 Å². The Balaban J connectivity index is 2.02. The Labute approximate surface area is 200 Å². The molecule has 2 heterocycles. The van der Waals surface area contributed by atoms with E-state index in [0.29, 0.717) is 27.1 Å². The summed E-state index contributed by atoms with van der Waals surface area (Å²) >= 11 is 6.34. The highest BCUT2D eigenvalue weighted by Crippen LogP contribution is 2.37. The molecule has 4 rings (SSSR count). The minimum Gasteiger partial charge on any atom is -0.459 e. The van der Waals surface area contributed by atoms with E-state index in [1.54, 1.807) is 30.3 Å². The first kappa shape index (κ1) is 23.5. The topological polar surface area (TPSA) is 109 Å². The second kappa shape index (κ2) is 8.61. The first-order valence-electron chi connectivity index (χ1n) is 10.7. The largest absolute Gasteiger partial charge is 0.459 e. The zero-order chi connectivity index (χ0) is 24.8. The van der Waals surface area contributed by atoms with Gasteiger partial charge in [0.25, 0.3) is 5.56 Å². The van der Waals surface area contributed by atoms with Crippen molar-refractivity contribution in [2.75, 3.05) is 0 Å². The molecule has 0 spiro atoms. The van der Waals surface area contributed by atoms with E-state index in [1.165, 1.54) is 0 Å². The zero-order valence-electron chi connectivity index (χ0n) is 19.4. The van der Waals surface area contributed by atoms with Gasteiger partial charge in [0.05, 0.1) is 5.39 Å². The summed E-state index contributed by atoms with van der Waals surface area (Å²) in [5.41, 5.74) is 7.03. The minimum absolute atomic E-state index is 0.0138. The fourth-order valence-corrected chi connectivity index (χ4v) is 4.31. The third-order valence-electron chi connectivity index (χ3n) is 5.40. The molecule has 0 fully saturated rings. The Kier molecular flexibility index (Phi) is 5.95. The molecule has 0 saturated heterocycles. The number of hydrogen-bond donors (Lipinski definition) is 1. The van der Waals surface area contributed by atoms with Gasteiger partial charge < -0.3 is 15.0 Å². The van der Waals surface area contributed by atoms with Crippen molar-refractivity contribution in [3.05, 3.63) is 63.5 Å². The molecule has 1 amide bonds. The van der Waals surface area contributed by atoms with Gasteiger partial charge in [-0.05, 0) is 52.0 Å². The molecule has 0 radical (unpaired) electrons. The number of rotatable bonds is 5. The number of primary amides is 1. The molecule has 176 valence electrons. The number of nitrogens with zero attached hydrogens (tertiary/aromatic N) is 3. The van der Waals surface area contributed by atoms with Gasteiger partial charge in [0, 0.05) is 32.6 Å². The Morgan fingerprint density at radius 3 is 2.38 bits per heavy atom. The first-order valence-corrected chi connectivity index (χ1v) is 11.1. The number of amides is 1. The third-order valence-corrected chi connectivity index (χ3v) is 5.64. The van der Waals surface area contributed by atoms with Gasteiger partial charge in [-0.25, -0.2) is 4.68 Å². The van der Waals surface area contributed by atoms with Crippen molar-refractivity contribution in [2.45, 2.75) is 46.4 Å². The van der Waals surface area contributed by atoms with Crippen LogP contribution in [0.5, 0.6) is 0 Å². The highest BCUT2D eigenvalue weighted by atomic mass is 35.5. The van der Waals surface area contributed by atoms with E-state index in [2.05, 4.69) is 5.10 Å². The van der Waals surface area contributed by atoms with Crippen molar-refractivity contribution in [2.24, 2.45) is 5.73 Å². The second-order valence-electron chi connectivity index (χ2n) is 9.12. The molecular weight excluding hydrogens is 456 g/mol. The molecule has 0 atom stereocenters. The van der Waals surface area contributed by atoms with E-state index in [1.807, 2.05) is 44.4 Å². The summed E-state index contributed by atoms with van der Waals surface area (Å²) < 4.78 is 8.45. The van der Waals surface area contributed by atoms with Crippen LogP contribution in [-0.2, 0) is 27.4 Å². The zero-order valence-corrected chi connectivity index (χ0v) is 20.1. The lowest BCUT2D eigenvalue weighted by molar-refractivity contribution is -0.155. The average Bonchev–Trinajstić information content (AvgIpc) is 2.99. The highest BCUT2D eigenvalue weighted by molar-refractivity contribution is 6.31. The molecule has 0 bridgehead atoms. The molecule has 4 aromatic rings. The summed E-state index contributed by atoms with van der Waals surface area (Å²) in [4.78, 5) is 37.2. The molecule has 2 aromatic carbocycles. The summed E-state index contributed by atoms with van der Waals surface area (Å²) in [7, 11) is 0. The summed E-state index contributed by atoms with van der Waals surface area (Å²) in [5.74, 6) is -1.06. The van der Waals surface area contributed by atoms with Crippen molar-refractivity contribution in [3.63, 3.8) is 0 Å². The predicted molar refractivity (Wildman–Crippen MR) is 132 cm³/mol. The molecule has 0 aliphatic carbocycles. The van der Waals surface area contributed by atoms with Crippen LogP contribution in [0.2, 0.25) is 5.02 Å². The van der Waals surface area contributed by atoms with Gasteiger partial charge >= 0.3 is 5.97 Å². The molecule has 0 aliphatic heterocycles. The lowest BCUT2D eigenvalue weighted by atomic mass is 10.0. The number of esters is 1. The molecule has 8 nitrogen and oxygen atoms in total. The number of nitrogens with two attached hydrogens (primary N) is 1. The van der Waals surface area contributed by atoms with Gasteiger partial charge in [-0.2, -0.15) is 5.10 Å². The van der Waals surface area contributed by atoms with Crippen LogP contribution in [0.15, 0.2) is 47.3 Å². The Bertz CT molecular complexity index is 1510. The van der Waals surface area contributed by atoms with Crippen molar-refractivity contribution in [3.8, 4) is 11.3 Å². The summed E-state index contributed by atoms with van der Waals surface area (Å²) in [6.07, 6.45) is 0. The lowest BCUT2D eigenvalue weighted by Crippen LogP contribution is -2.30. The monoisotopic (exact) mass is 480 g/mol. The normalized spacial score (nSPS) is 11.8. The van der Waals surface area contributed by atoms with Crippen molar-refractivity contribution in [1.29, 1.82) is 0 Å². The number of ether oxygens (including phenoxy) is 1. The van der Waals surface area contributed by atoms with Crippen LogP contribution in [0.3, 0.4) is 0 Å². The maximum atomic E-state index is 12.9. The number of carbonyl (C=O) groups is 2. The summed E-state index contributed by atoms with van der Waals surface area (Å²) in [5, 5.41) is 6.83. The number of halogens is 1. The predicted octanol–water partition coefficient (Wildman–Crippen LogP) is 3.81. The van der Waals surface area contributed by atoms with Gasteiger partial charge in [-0.3, -0.25) is 14.4 Å². The van der Waals surface area contributed by atoms with Gasteiger partial charge in [-0.15, -0.1) is 0 Å². The van der Waals surface area contributed by atoms with Crippen LogP contribution in [0.25, 0.3) is 32.9 Å². The maximum Gasteiger partial charge on any atom is 0.326 e. The van der Waals surface area contributed by atoms with Gasteiger partial charge in [0.2, 0.25) is 5.91 Å². The maximum absolute atomic E-state index is 12.9. The van der Waals surface area contributed by atoms with Crippen LogP contribution in [0, 0.1) is 6.92 Å². The molecule has 2 N–H and O–H groups in total. The summed E-state index contributed by atoms with van der Waals surface area (Å²) in [6.45, 7) is 6.94. The Hall–Kier alpha value is -3.65. The second-order valence-corrected chi connectivity index (χ2v) is 9.55. The molecule has 0 aliphatic rings. The number of carbonyl (C=O) groups excluding carboxylic acids is 2. The van der Waals surface area contributed by atoms with Crippen LogP contribution in [0.1, 0.15) is 26.5 Å². The van der Waals surface area contributed by atoms with Crippen molar-refractivity contribution < 1.29 is 14.3 Å². The fraction of sp³-hybridized carbons (Fsp3) is 0.280.